The van der Waals surface area contributed by atoms with Crippen molar-refractivity contribution < 1.29 is 9.53 Å². The summed E-state index contributed by atoms with van der Waals surface area (Å²) < 4.78 is 9.12. The minimum atomic E-state index is -0.495. The van der Waals surface area contributed by atoms with Crippen LogP contribution < -0.4 is 0 Å². The van der Waals surface area contributed by atoms with Gasteiger partial charge in [-0.1, -0.05) is 26.7 Å². The monoisotopic (exact) mass is 624 g/mol. The smallest absolute Gasteiger partial charge is 0.310 e. The van der Waals surface area contributed by atoms with Gasteiger partial charge in [0.2, 0.25) is 0 Å². The zero-order chi connectivity index (χ0) is 16.9. The quantitative estimate of drug-likeness (QED) is 0.133. The fourth-order valence-corrected chi connectivity index (χ4v) is 5.06. The summed E-state index contributed by atoms with van der Waals surface area (Å²) in [6, 6.07) is 1.92. The predicted octanol–water partition coefficient (Wildman–Crippen LogP) is 7.89. The Morgan fingerprint density at radius 3 is 2.32 bits per heavy atom. The Hall–Kier alpha value is 1.09. The third-order valence-corrected chi connectivity index (χ3v) is 8.70. The molecule has 0 radical (unpaired) electrons. The van der Waals surface area contributed by atoms with Crippen LogP contribution in [0.5, 0.6) is 0 Å². The summed E-state index contributed by atoms with van der Waals surface area (Å²) in [5.74, 6) is -0.194. The third-order valence-electron chi connectivity index (χ3n) is 3.33. The van der Waals surface area contributed by atoms with Gasteiger partial charge in [-0.2, -0.15) is 0 Å². The first kappa shape index (κ1) is 21.1. The number of rotatable bonds is 7. The summed E-state index contributed by atoms with van der Waals surface area (Å²) in [6.07, 6.45) is 3.80. The Morgan fingerprint density at radius 2 is 1.77 bits per heavy atom. The Balaban J connectivity index is 2.89. The van der Waals surface area contributed by atoms with Crippen LogP contribution in [0, 0.1) is 5.92 Å². The molecule has 7 heteroatoms. The summed E-state index contributed by atoms with van der Waals surface area (Å²) >= 11 is 17.5. The van der Waals surface area contributed by atoms with E-state index in [1.165, 1.54) is 0 Å². The Labute approximate surface area is 173 Å². The van der Waals surface area contributed by atoms with E-state index < -0.39 is 5.01 Å². The number of ether oxygens (including phenoxy) is 1. The van der Waals surface area contributed by atoms with Crippen LogP contribution in [0.2, 0.25) is 0 Å². The summed E-state index contributed by atoms with van der Waals surface area (Å²) in [5, 5.41) is -0.495. The number of carbonyl (C=O) groups is 1. The molecule has 0 heterocycles. The Morgan fingerprint density at radius 1 is 1.14 bits per heavy atom. The van der Waals surface area contributed by atoms with E-state index >= 15 is 0 Å². The van der Waals surface area contributed by atoms with E-state index in [-0.39, 0.29) is 11.9 Å². The van der Waals surface area contributed by atoms with E-state index in [1.54, 1.807) is 0 Å². The highest BCUT2D eigenvalue weighted by atomic mass is 79.9. The van der Waals surface area contributed by atoms with Crippen molar-refractivity contribution in [2.75, 3.05) is 0 Å². The van der Waals surface area contributed by atoms with Crippen molar-refractivity contribution in [3.8, 4) is 0 Å². The van der Waals surface area contributed by atoms with Crippen molar-refractivity contribution in [3.63, 3.8) is 0 Å². The maximum Gasteiger partial charge on any atom is 0.310 e. The molecule has 0 aromatic heterocycles. The predicted molar refractivity (Wildman–Crippen MR) is 108 cm³/mol. The molecule has 0 fully saturated rings. The van der Waals surface area contributed by atoms with Crippen LogP contribution in [0.3, 0.4) is 0 Å². The lowest BCUT2D eigenvalue weighted by molar-refractivity contribution is -0.150. The molecule has 2 nitrogen and oxygen atoms in total. The average Bonchev–Trinajstić information content (AvgIpc) is 2.49. The molecule has 22 heavy (non-hydrogen) atoms. The van der Waals surface area contributed by atoms with E-state index in [1.807, 2.05) is 13.0 Å². The normalized spacial score (nSPS) is 13.8. The molecule has 0 saturated heterocycles. The van der Waals surface area contributed by atoms with E-state index in [4.69, 9.17) is 4.74 Å². The summed E-state index contributed by atoms with van der Waals surface area (Å²) in [6.45, 7) is 4.15. The van der Waals surface area contributed by atoms with E-state index in [0.717, 1.165) is 49.1 Å². The van der Waals surface area contributed by atoms with Crippen LogP contribution >= 0.6 is 79.6 Å². The third kappa shape index (κ3) is 5.57. The van der Waals surface area contributed by atoms with Crippen molar-refractivity contribution >= 4 is 85.6 Å². The number of esters is 1. The Kier molecular flexibility index (Phi) is 9.76. The molecule has 0 bridgehead atoms. The number of hydrogen-bond donors (Lipinski definition) is 0. The van der Waals surface area contributed by atoms with Crippen LogP contribution in [0.25, 0.3) is 0 Å². The van der Waals surface area contributed by atoms with Gasteiger partial charge >= 0.3 is 5.97 Å². The maximum atomic E-state index is 12.3. The molecule has 1 rings (SSSR count). The molecular weight excluding hydrogens is 612 g/mol. The van der Waals surface area contributed by atoms with Crippen LogP contribution in [0.1, 0.15) is 50.1 Å². The number of unbranched alkanes of at least 4 members (excludes halogenated alkanes) is 1. The van der Waals surface area contributed by atoms with Gasteiger partial charge < -0.3 is 4.74 Å². The highest BCUT2D eigenvalue weighted by Crippen LogP contribution is 2.43. The maximum absolute atomic E-state index is 12.3. The Bertz CT molecular complexity index is 533. The summed E-state index contributed by atoms with van der Waals surface area (Å²) in [7, 11) is 0. The number of hydrogen-bond acceptors (Lipinski definition) is 2. The topological polar surface area (TPSA) is 26.3 Å². The second-order valence-electron chi connectivity index (χ2n) is 4.89. The van der Waals surface area contributed by atoms with Crippen molar-refractivity contribution in [2.24, 2.45) is 5.92 Å². The van der Waals surface area contributed by atoms with Crippen molar-refractivity contribution in [1.82, 2.24) is 0 Å². The summed E-state index contributed by atoms with van der Waals surface area (Å²) in [5.41, 5.74) is 0.848. The highest BCUT2D eigenvalue weighted by Gasteiger charge is 2.24. The van der Waals surface area contributed by atoms with Gasteiger partial charge in [0.15, 0.2) is 5.01 Å². The lowest BCUT2D eigenvalue weighted by atomic mass is 10.00. The molecule has 1 aromatic rings. The molecule has 1 aromatic carbocycles. The van der Waals surface area contributed by atoms with E-state index in [9.17, 15) is 4.79 Å². The largest absolute Gasteiger partial charge is 0.445 e. The second-order valence-corrected chi connectivity index (χ2v) is 8.95. The molecule has 0 spiro atoms. The van der Waals surface area contributed by atoms with Gasteiger partial charge in [0, 0.05) is 23.5 Å². The van der Waals surface area contributed by atoms with Gasteiger partial charge in [0.1, 0.15) is 0 Å². The molecule has 0 aliphatic heterocycles. The van der Waals surface area contributed by atoms with Crippen molar-refractivity contribution in [3.05, 3.63) is 29.5 Å². The lowest BCUT2D eigenvalue weighted by Crippen LogP contribution is -2.18. The van der Waals surface area contributed by atoms with E-state index in [2.05, 4.69) is 86.6 Å². The standard InChI is InChI=1S/C15H17Br5O2/c1-3-5-6-8(4-2)15(21)22-14(20)9-7-10(16)12(18)13(19)11(9)17/h7-8,14H,3-6H2,1-2H3. The van der Waals surface area contributed by atoms with E-state index in [0.29, 0.717) is 0 Å². The molecule has 124 valence electrons. The number of carbonyl (C=O) groups excluding carboxylic acids is 1. The molecule has 0 saturated carbocycles. The first-order valence-electron chi connectivity index (χ1n) is 7.00. The summed E-state index contributed by atoms with van der Waals surface area (Å²) in [4.78, 5) is 12.3. The van der Waals surface area contributed by atoms with Crippen LogP contribution in [-0.2, 0) is 9.53 Å². The zero-order valence-electron chi connectivity index (χ0n) is 12.3. The van der Waals surface area contributed by atoms with Crippen LogP contribution in [0.15, 0.2) is 24.0 Å². The van der Waals surface area contributed by atoms with Gasteiger partial charge in [0.05, 0.1) is 5.92 Å². The first-order chi connectivity index (χ1) is 10.3. The number of halogens is 5. The van der Waals surface area contributed by atoms with Crippen molar-refractivity contribution in [1.29, 1.82) is 0 Å². The van der Waals surface area contributed by atoms with Gasteiger partial charge in [-0.3, -0.25) is 4.79 Å². The van der Waals surface area contributed by atoms with Crippen molar-refractivity contribution in [2.45, 2.75) is 44.5 Å². The SMILES string of the molecule is CCCCC(CC)C(=O)OC(Br)c1cc(Br)c(Br)c(Br)c1Br. The van der Waals surface area contributed by atoms with Crippen LogP contribution in [-0.4, -0.2) is 5.97 Å². The molecule has 0 N–H and O–H groups in total. The fraction of sp³-hybridized carbons (Fsp3) is 0.533. The molecule has 0 aliphatic rings. The van der Waals surface area contributed by atoms with Gasteiger partial charge in [0.25, 0.3) is 0 Å². The lowest BCUT2D eigenvalue weighted by Gasteiger charge is -2.19. The van der Waals surface area contributed by atoms with Gasteiger partial charge in [-0.15, -0.1) is 0 Å². The first-order valence-corrected chi connectivity index (χ1v) is 11.1. The highest BCUT2D eigenvalue weighted by molar-refractivity contribution is 9.15. The minimum Gasteiger partial charge on any atom is -0.445 e. The van der Waals surface area contributed by atoms with Gasteiger partial charge in [-0.05, 0) is 98.6 Å². The molecular formula is C15H17Br5O2. The molecule has 2 unspecified atom stereocenters. The number of alkyl halides is 1. The van der Waals surface area contributed by atoms with Gasteiger partial charge in [-0.25, -0.2) is 0 Å². The molecule has 2 atom stereocenters. The second kappa shape index (κ2) is 10.2. The average molecular weight is 629 g/mol. The van der Waals surface area contributed by atoms with Crippen LogP contribution in [0.4, 0.5) is 0 Å². The minimum absolute atomic E-state index is 0.0406. The molecule has 0 amide bonds. The molecule has 0 aliphatic carbocycles. The zero-order valence-corrected chi connectivity index (χ0v) is 20.2. The fourth-order valence-electron chi connectivity index (χ4n) is 1.96. The number of benzene rings is 1.